The van der Waals surface area contributed by atoms with Crippen LogP contribution in [0.3, 0.4) is 0 Å². The molecule has 3 N–H and O–H groups in total. The van der Waals surface area contributed by atoms with E-state index in [9.17, 15) is 8.42 Å². The Morgan fingerprint density at radius 1 is 1.00 bits per heavy atom. The van der Waals surface area contributed by atoms with E-state index in [4.69, 9.17) is 0 Å². The van der Waals surface area contributed by atoms with Gasteiger partial charge in [-0.05, 0) is 43.7 Å². The summed E-state index contributed by atoms with van der Waals surface area (Å²) in [5.41, 5.74) is 4.11. The Labute approximate surface area is 183 Å². The molecule has 9 heteroatoms. The number of aliphatic imine (C=N–C) groups is 1. The van der Waals surface area contributed by atoms with Crippen LogP contribution in [0, 0.1) is 13.8 Å². The highest BCUT2D eigenvalue weighted by molar-refractivity contribution is 7.89. The molecular weight excluding hydrogens is 412 g/mol. The molecule has 0 spiro atoms. The molecule has 0 aliphatic carbocycles. The molecule has 0 fully saturated rings. The van der Waals surface area contributed by atoms with Gasteiger partial charge < -0.3 is 10.6 Å². The molecule has 2 aromatic carbocycles. The summed E-state index contributed by atoms with van der Waals surface area (Å²) >= 11 is 0. The predicted octanol–water partition coefficient (Wildman–Crippen LogP) is 2.13. The summed E-state index contributed by atoms with van der Waals surface area (Å²) in [4.78, 5) is 4.46. The minimum absolute atomic E-state index is 0.236. The molecule has 1 heterocycles. The number of nitrogens with zero attached hydrogens (tertiary/aromatic N) is 3. The topological polar surface area (TPSA) is 100 Å². The Kier molecular flexibility index (Phi) is 7.43. The van der Waals surface area contributed by atoms with Crippen molar-refractivity contribution in [3.8, 4) is 5.69 Å². The largest absolute Gasteiger partial charge is 0.355 e. The lowest BCUT2D eigenvalue weighted by atomic mass is 10.1. The highest BCUT2D eigenvalue weighted by Gasteiger charge is 2.12. The number of para-hydroxylation sites is 1. The molecule has 164 valence electrons. The number of guanidine groups is 1. The first-order valence-electron chi connectivity index (χ1n) is 10.0. The summed E-state index contributed by atoms with van der Waals surface area (Å²) in [6.45, 7) is 5.18. The molecule has 8 nitrogen and oxygen atoms in total. The van der Waals surface area contributed by atoms with Crippen molar-refractivity contribution < 1.29 is 8.42 Å². The maximum Gasteiger partial charge on any atom is 0.240 e. The Morgan fingerprint density at radius 3 is 2.39 bits per heavy atom. The summed E-state index contributed by atoms with van der Waals surface area (Å²) < 4.78 is 29.0. The third kappa shape index (κ3) is 5.93. The summed E-state index contributed by atoms with van der Waals surface area (Å²) in [5.74, 6) is 0.585. The van der Waals surface area contributed by atoms with Crippen molar-refractivity contribution in [2.45, 2.75) is 25.3 Å². The average molecular weight is 441 g/mol. The van der Waals surface area contributed by atoms with Crippen LogP contribution in [0.4, 0.5) is 0 Å². The van der Waals surface area contributed by atoms with Gasteiger partial charge in [0.25, 0.3) is 0 Å². The maximum absolute atomic E-state index is 12.3. The molecule has 0 atom stereocenters. The highest BCUT2D eigenvalue weighted by atomic mass is 32.2. The molecule has 0 saturated heterocycles. The molecule has 0 radical (unpaired) electrons. The molecule has 0 aliphatic rings. The van der Waals surface area contributed by atoms with Gasteiger partial charge in [0.15, 0.2) is 5.96 Å². The first-order chi connectivity index (χ1) is 14.9. The normalized spacial score (nSPS) is 12.0. The molecule has 0 aliphatic heterocycles. The maximum atomic E-state index is 12.3. The monoisotopic (exact) mass is 440 g/mol. The highest BCUT2D eigenvalue weighted by Crippen LogP contribution is 2.16. The fraction of sp³-hybridized carbons (Fsp3) is 0.273. The summed E-state index contributed by atoms with van der Waals surface area (Å²) in [5, 5.41) is 11.0. The molecule has 31 heavy (non-hydrogen) atoms. The molecule has 0 saturated carbocycles. The average Bonchev–Trinajstić information content (AvgIpc) is 3.11. The molecule has 3 aromatic rings. The number of aromatic nitrogens is 2. The van der Waals surface area contributed by atoms with Gasteiger partial charge in [0.2, 0.25) is 10.0 Å². The van der Waals surface area contributed by atoms with Gasteiger partial charge in [0, 0.05) is 32.4 Å². The third-order valence-corrected chi connectivity index (χ3v) is 6.14. The van der Waals surface area contributed by atoms with Gasteiger partial charge >= 0.3 is 0 Å². The number of rotatable bonds is 8. The fourth-order valence-electron chi connectivity index (χ4n) is 3.19. The van der Waals surface area contributed by atoms with Gasteiger partial charge in [-0.1, -0.05) is 36.4 Å². The molecule has 1 aromatic heterocycles. The first kappa shape index (κ1) is 22.5. The first-order valence-corrected chi connectivity index (χ1v) is 11.5. The predicted molar refractivity (Wildman–Crippen MR) is 123 cm³/mol. The van der Waals surface area contributed by atoms with E-state index in [0.717, 1.165) is 22.6 Å². The van der Waals surface area contributed by atoms with Crippen molar-refractivity contribution in [3.63, 3.8) is 0 Å². The van der Waals surface area contributed by atoms with Crippen LogP contribution in [-0.2, 0) is 16.6 Å². The van der Waals surface area contributed by atoms with Crippen LogP contribution in [0.2, 0.25) is 0 Å². The molecular formula is C22H28N6O2S. The van der Waals surface area contributed by atoms with E-state index in [0.29, 0.717) is 19.0 Å². The van der Waals surface area contributed by atoms with Gasteiger partial charge in [0.05, 0.1) is 16.3 Å². The molecule has 0 bridgehead atoms. The van der Waals surface area contributed by atoms with Gasteiger partial charge in [0.1, 0.15) is 0 Å². The zero-order valence-corrected chi connectivity index (χ0v) is 18.8. The van der Waals surface area contributed by atoms with E-state index < -0.39 is 10.0 Å². The van der Waals surface area contributed by atoms with Gasteiger partial charge in [-0.2, -0.15) is 5.10 Å². The summed E-state index contributed by atoms with van der Waals surface area (Å²) in [7, 11) is -1.84. The Hall–Kier alpha value is -3.17. The molecule has 3 rings (SSSR count). The second-order valence-corrected chi connectivity index (χ2v) is 8.80. The number of nitrogens with one attached hydrogen (secondary N) is 3. The SMILES string of the molecule is CN=C(NCCNS(=O)(=O)c1ccccc1)NCc1ccccc1-n1nc(C)cc1C. The van der Waals surface area contributed by atoms with Crippen LogP contribution in [0.25, 0.3) is 5.69 Å². The van der Waals surface area contributed by atoms with Crippen LogP contribution in [0.1, 0.15) is 17.0 Å². The second kappa shape index (κ2) is 10.2. The van der Waals surface area contributed by atoms with E-state index >= 15 is 0 Å². The summed E-state index contributed by atoms with van der Waals surface area (Å²) in [6, 6.07) is 18.4. The van der Waals surface area contributed by atoms with Crippen molar-refractivity contribution in [1.82, 2.24) is 25.1 Å². The van der Waals surface area contributed by atoms with Crippen molar-refractivity contribution in [1.29, 1.82) is 0 Å². The second-order valence-electron chi connectivity index (χ2n) is 7.03. The zero-order chi connectivity index (χ0) is 22.3. The van der Waals surface area contributed by atoms with Crippen LogP contribution in [-0.4, -0.2) is 44.3 Å². The Balaban J connectivity index is 1.54. The van der Waals surface area contributed by atoms with Gasteiger partial charge in [-0.15, -0.1) is 0 Å². The van der Waals surface area contributed by atoms with Gasteiger partial charge in [-0.3, -0.25) is 4.99 Å². The number of aryl methyl sites for hydroxylation is 2. The van der Waals surface area contributed by atoms with Crippen LogP contribution < -0.4 is 15.4 Å². The number of hydrogen-bond donors (Lipinski definition) is 3. The van der Waals surface area contributed by atoms with Gasteiger partial charge in [-0.25, -0.2) is 17.8 Å². The van der Waals surface area contributed by atoms with Crippen molar-refractivity contribution >= 4 is 16.0 Å². The zero-order valence-electron chi connectivity index (χ0n) is 18.0. The lowest BCUT2D eigenvalue weighted by molar-refractivity contribution is 0.580. The van der Waals surface area contributed by atoms with Crippen LogP contribution in [0.15, 0.2) is 70.6 Å². The van der Waals surface area contributed by atoms with Crippen molar-refractivity contribution in [3.05, 3.63) is 77.6 Å². The Morgan fingerprint density at radius 2 is 1.71 bits per heavy atom. The molecule has 0 unspecified atom stereocenters. The quantitative estimate of drug-likeness (QED) is 0.283. The van der Waals surface area contributed by atoms with E-state index in [1.54, 1.807) is 37.4 Å². The van der Waals surface area contributed by atoms with Crippen LogP contribution in [0.5, 0.6) is 0 Å². The van der Waals surface area contributed by atoms with Crippen LogP contribution >= 0.6 is 0 Å². The standard InChI is InChI=1S/C22H28N6O2S/c1-17-15-18(2)28(27-17)21-12-8-7-9-19(21)16-25-22(23-3)24-13-14-26-31(29,30)20-10-5-4-6-11-20/h4-12,15,26H,13-14,16H2,1-3H3,(H2,23,24,25). The van der Waals surface area contributed by atoms with Crippen molar-refractivity contribution in [2.75, 3.05) is 20.1 Å². The molecule has 0 amide bonds. The smallest absolute Gasteiger partial charge is 0.240 e. The number of sulfonamides is 1. The minimum atomic E-state index is -3.52. The number of benzene rings is 2. The summed E-state index contributed by atoms with van der Waals surface area (Å²) in [6.07, 6.45) is 0. The minimum Gasteiger partial charge on any atom is -0.355 e. The Bertz CT molecular complexity index is 1140. The van der Waals surface area contributed by atoms with Crippen molar-refractivity contribution in [2.24, 2.45) is 4.99 Å². The lowest BCUT2D eigenvalue weighted by Crippen LogP contribution is -2.41. The van der Waals surface area contributed by atoms with E-state index in [2.05, 4.69) is 25.4 Å². The van der Waals surface area contributed by atoms with E-state index in [-0.39, 0.29) is 11.4 Å². The van der Waals surface area contributed by atoms with E-state index in [1.165, 1.54) is 0 Å². The van der Waals surface area contributed by atoms with E-state index in [1.807, 2.05) is 48.9 Å². The lowest BCUT2D eigenvalue weighted by Gasteiger charge is -2.15. The fourth-order valence-corrected chi connectivity index (χ4v) is 4.24. The third-order valence-electron chi connectivity index (χ3n) is 4.66. The number of hydrogen-bond acceptors (Lipinski definition) is 4.